The van der Waals surface area contributed by atoms with Crippen LogP contribution in [0.1, 0.15) is 54.0 Å². The molecule has 17 heteroatoms. The van der Waals surface area contributed by atoms with E-state index in [9.17, 15) is 33.9 Å². The molecular formula is C45H45NO15S. The van der Waals surface area contributed by atoms with Crippen molar-refractivity contribution < 1.29 is 71.8 Å². The van der Waals surface area contributed by atoms with Gasteiger partial charge in [0.2, 0.25) is 0 Å². The highest BCUT2D eigenvalue weighted by Gasteiger charge is 2.58. The molecule has 326 valence electrons. The molecule has 4 aromatic carbocycles. The molecule has 0 saturated carbocycles. The number of aliphatic hydroxyl groups is 1. The Morgan fingerprint density at radius 1 is 0.645 bits per heavy atom. The molecule has 1 N–H and O–H groups in total. The Balaban J connectivity index is 1.28. The minimum absolute atomic E-state index is 0.102. The summed E-state index contributed by atoms with van der Waals surface area (Å²) < 4.78 is 47.9. The average Bonchev–Trinajstić information content (AvgIpc) is 3.48. The van der Waals surface area contributed by atoms with Crippen LogP contribution in [0, 0.1) is 0 Å². The van der Waals surface area contributed by atoms with Crippen molar-refractivity contribution in [3.05, 3.63) is 114 Å². The lowest BCUT2D eigenvalue weighted by molar-refractivity contribution is -0.338. The van der Waals surface area contributed by atoms with Crippen LogP contribution in [0.2, 0.25) is 0 Å². The second-order valence-electron chi connectivity index (χ2n) is 14.8. The lowest BCUT2D eigenvalue weighted by Crippen LogP contribution is -2.68. The first-order valence-electron chi connectivity index (χ1n) is 19.8. The maximum Gasteiger partial charge on any atom is 0.303 e. The molecule has 3 heterocycles. The van der Waals surface area contributed by atoms with Gasteiger partial charge in [-0.15, -0.1) is 0 Å². The number of carbonyl (C=O) groups is 6. The van der Waals surface area contributed by atoms with Gasteiger partial charge in [0.15, 0.2) is 24.6 Å². The highest BCUT2D eigenvalue weighted by Crippen LogP contribution is 2.41. The van der Waals surface area contributed by atoms with Gasteiger partial charge in [-0.05, 0) is 46.7 Å². The molecule has 0 aliphatic carbocycles. The van der Waals surface area contributed by atoms with Crippen LogP contribution in [0.3, 0.4) is 0 Å². The van der Waals surface area contributed by atoms with Crippen LogP contribution < -0.4 is 0 Å². The zero-order valence-electron chi connectivity index (χ0n) is 34.2. The van der Waals surface area contributed by atoms with Crippen LogP contribution >= 0.6 is 11.8 Å². The van der Waals surface area contributed by atoms with Gasteiger partial charge in [-0.2, -0.15) is 0 Å². The number of hydrogen-bond donors (Lipinski definition) is 1. The van der Waals surface area contributed by atoms with Crippen molar-refractivity contribution in [3.8, 4) is 0 Å². The van der Waals surface area contributed by atoms with E-state index in [0.717, 1.165) is 48.9 Å². The standard InChI is InChI=1S/C45H45NO15S/c1-24(47)55-23-35-39(56-25(2)48)40(57-26(3)49)41(58-27(4)50)44(59-35)61-38-34(22-54-21-28-18-19-29-12-8-9-13-30(29)20-28)60-45(62-31-14-6-5-7-15-31)36(37(38)51)46-42(52)32-16-10-11-17-33(32)43(46)53/h5-20,34-41,44-45,51H,21-23H2,1-4H3/t34-,35-,36-,37-,38-,39+,40+,41-,44+,45+/m1/s1. The van der Waals surface area contributed by atoms with Crippen LogP contribution in [0.5, 0.6) is 0 Å². The lowest BCUT2D eigenvalue weighted by atomic mass is 9.95. The van der Waals surface area contributed by atoms with E-state index in [1.807, 2.05) is 60.7 Å². The molecule has 0 unspecified atom stereocenters. The van der Waals surface area contributed by atoms with Crippen molar-refractivity contribution in [2.45, 2.75) is 99.7 Å². The van der Waals surface area contributed by atoms with Gasteiger partial charge in [0.05, 0.1) is 24.3 Å². The number of aliphatic hydroxyl groups excluding tert-OH is 1. The first kappa shape index (κ1) is 44.4. The number of benzene rings is 4. The predicted octanol–water partition coefficient (Wildman–Crippen LogP) is 4.37. The largest absolute Gasteiger partial charge is 0.463 e. The van der Waals surface area contributed by atoms with Crippen molar-refractivity contribution in [3.63, 3.8) is 0 Å². The fraction of sp³-hybridized carbons (Fsp3) is 0.378. The number of carbonyl (C=O) groups excluding carboxylic acids is 6. The first-order valence-corrected chi connectivity index (χ1v) is 20.7. The number of ether oxygens (including phenoxy) is 8. The molecule has 7 rings (SSSR count). The van der Waals surface area contributed by atoms with Crippen molar-refractivity contribution >= 4 is 58.2 Å². The molecular weight excluding hydrogens is 827 g/mol. The van der Waals surface area contributed by atoms with Gasteiger partial charge in [-0.1, -0.05) is 78.5 Å². The average molecular weight is 872 g/mol. The van der Waals surface area contributed by atoms with E-state index in [4.69, 9.17) is 37.9 Å². The minimum atomic E-state index is -1.75. The monoisotopic (exact) mass is 871 g/mol. The van der Waals surface area contributed by atoms with Gasteiger partial charge in [-0.3, -0.25) is 33.7 Å². The van der Waals surface area contributed by atoms with E-state index in [-0.39, 0.29) is 24.3 Å². The summed E-state index contributed by atoms with van der Waals surface area (Å²) in [6, 6.07) is 27.6. The number of hydrogen-bond acceptors (Lipinski definition) is 16. The third-order valence-electron chi connectivity index (χ3n) is 10.4. The second kappa shape index (κ2) is 19.6. The molecule has 0 aromatic heterocycles. The number of rotatable bonds is 14. The third kappa shape index (κ3) is 9.99. The number of fused-ring (bicyclic) bond motifs is 2. The summed E-state index contributed by atoms with van der Waals surface area (Å²) in [4.78, 5) is 79.5. The molecule has 0 spiro atoms. The molecule has 3 aliphatic rings. The summed E-state index contributed by atoms with van der Waals surface area (Å²) in [5.41, 5.74) is -0.00698. The maximum absolute atomic E-state index is 14.1. The van der Waals surface area contributed by atoms with Gasteiger partial charge in [0.1, 0.15) is 42.5 Å². The Labute approximate surface area is 360 Å². The summed E-state index contributed by atoms with van der Waals surface area (Å²) >= 11 is 1.17. The SMILES string of the molecule is CC(=O)OC[C@H]1O[C@@H](O[C@H]2[C@H](O)[C@@H](N3C(=O)c4ccccc4C3=O)[C@H](Sc3ccccc3)O[C@@H]2COCc2ccc3ccccc3c2)[C@H](OC(C)=O)[C@@H](OC(C)=O)[C@H]1OC(C)=O. The molecule has 0 bridgehead atoms. The van der Waals surface area contributed by atoms with Crippen LogP contribution in [0.4, 0.5) is 0 Å². The summed E-state index contributed by atoms with van der Waals surface area (Å²) in [6.07, 6.45) is -12.3. The van der Waals surface area contributed by atoms with E-state index in [1.54, 1.807) is 24.3 Å². The summed E-state index contributed by atoms with van der Waals surface area (Å²) in [6.45, 7) is 3.75. The highest BCUT2D eigenvalue weighted by atomic mass is 32.2. The zero-order chi connectivity index (χ0) is 44.1. The minimum Gasteiger partial charge on any atom is -0.463 e. The Bertz CT molecular complexity index is 2270. The molecule has 2 fully saturated rings. The molecule has 62 heavy (non-hydrogen) atoms. The van der Waals surface area contributed by atoms with Crippen LogP contribution in [-0.4, -0.2) is 119 Å². The van der Waals surface area contributed by atoms with E-state index in [0.29, 0.717) is 4.90 Å². The van der Waals surface area contributed by atoms with E-state index >= 15 is 0 Å². The quantitative estimate of drug-likeness (QED) is 0.106. The van der Waals surface area contributed by atoms with Crippen molar-refractivity contribution in [2.75, 3.05) is 13.2 Å². The second-order valence-corrected chi connectivity index (χ2v) is 16.0. The summed E-state index contributed by atoms with van der Waals surface area (Å²) in [5, 5.41) is 14.7. The smallest absolute Gasteiger partial charge is 0.303 e. The Hall–Kier alpha value is -5.69. The van der Waals surface area contributed by atoms with Gasteiger partial charge >= 0.3 is 23.9 Å². The van der Waals surface area contributed by atoms with Crippen LogP contribution in [0.15, 0.2) is 102 Å². The van der Waals surface area contributed by atoms with Gasteiger partial charge in [-0.25, -0.2) is 0 Å². The normalized spacial score (nSPS) is 27.0. The predicted molar refractivity (Wildman–Crippen MR) is 218 cm³/mol. The molecule has 4 aromatic rings. The molecule has 2 amide bonds. The summed E-state index contributed by atoms with van der Waals surface area (Å²) in [7, 11) is 0. The molecule has 16 nitrogen and oxygen atoms in total. The van der Waals surface area contributed by atoms with Gasteiger partial charge in [0, 0.05) is 32.6 Å². The fourth-order valence-corrected chi connectivity index (χ4v) is 8.97. The van der Waals surface area contributed by atoms with Crippen molar-refractivity contribution in [2.24, 2.45) is 0 Å². The van der Waals surface area contributed by atoms with Crippen molar-refractivity contribution in [1.82, 2.24) is 4.90 Å². The Kier molecular flexibility index (Phi) is 14.0. The Morgan fingerprint density at radius 2 is 1.23 bits per heavy atom. The highest BCUT2D eigenvalue weighted by molar-refractivity contribution is 7.99. The van der Waals surface area contributed by atoms with E-state index in [2.05, 4.69) is 0 Å². The van der Waals surface area contributed by atoms with E-state index < -0.39 is 103 Å². The maximum atomic E-state index is 14.1. The number of imide groups is 1. The molecule has 2 saturated heterocycles. The van der Waals surface area contributed by atoms with Gasteiger partial charge in [0.25, 0.3) is 11.8 Å². The number of esters is 4. The first-order chi connectivity index (χ1) is 29.8. The number of thioether (sulfide) groups is 1. The van der Waals surface area contributed by atoms with Gasteiger partial charge < -0.3 is 43.0 Å². The van der Waals surface area contributed by atoms with Crippen molar-refractivity contribution in [1.29, 1.82) is 0 Å². The lowest BCUT2D eigenvalue weighted by Gasteiger charge is -2.49. The van der Waals surface area contributed by atoms with Crippen LogP contribution in [-0.2, 0) is 63.7 Å². The number of amides is 2. The third-order valence-corrected chi connectivity index (χ3v) is 11.5. The zero-order valence-corrected chi connectivity index (χ0v) is 35.0. The molecule has 0 radical (unpaired) electrons. The topological polar surface area (TPSA) is 200 Å². The number of nitrogens with zero attached hydrogens (tertiary/aromatic N) is 1. The van der Waals surface area contributed by atoms with E-state index in [1.165, 1.54) is 23.9 Å². The Morgan fingerprint density at radius 3 is 1.87 bits per heavy atom. The molecule has 10 atom stereocenters. The van der Waals surface area contributed by atoms with Crippen LogP contribution in [0.25, 0.3) is 10.8 Å². The fourth-order valence-electron chi connectivity index (χ4n) is 7.77. The summed E-state index contributed by atoms with van der Waals surface area (Å²) in [5.74, 6) is -4.62. The molecule has 3 aliphatic heterocycles.